The first kappa shape index (κ1) is 12.0. The fourth-order valence-corrected chi connectivity index (χ4v) is 2.93. The molecule has 2 rings (SSSR count). The number of rotatable bonds is 6. The summed E-state index contributed by atoms with van der Waals surface area (Å²) < 4.78 is 1.40. The molecule has 1 aromatic carbocycles. The van der Waals surface area contributed by atoms with Crippen molar-refractivity contribution in [1.29, 1.82) is 0 Å². The minimum atomic E-state index is 0.967. The number of thiophene rings is 1. The first-order chi connectivity index (χ1) is 7.92. The topological polar surface area (TPSA) is 12.0 Å². The third kappa shape index (κ3) is 3.00. The second kappa shape index (κ2) is 6.28. The molecule has 0 spiro atoms. The normalized spacial score (nSPS) is 11.1. The summed E-state index contributed by atoms with van der Waals surface area (Å²) >= 11 is 6.03. The second-order valence-electron chi connectivity index (χ2n) is 3.83. The highest BCUT2D eigenvalue weighted by molar-refractivity contribution is 7.80. The lowest BCUT2D eigenvalue weighted by atomic mass is 10.1. The standard InChI is InChI=1S/C13H17NS2/c15-9-3-7-14-8-6-11-10-16-13-5-2-1-4-12(11)13/h1-2,4-5,10,14-15H,3,6-9H2. The third-order valence-electron chi connectivity index (χ3n) is 2.64. The zero-order valence-electron chi connectivity index (χ0n) is 9.28. The monoisotopic (exact) mass is 251 g/mol. The van der Waals surface area contributed by atoms with Crippen LogP contribution in [0.1, 0.15) is 12.0 Å². The molecule has 1 aromatic heterocycles. The van der Waals surface area contributed by atoms with Gasteiger partial charge in [0, 0.05) is 4.70 Å². The van der Waals surface area contributed by atoms with E-state index in [4.69, 9.17) is 0 Å². The predicted octanol–water partition coefficient (Wildman–Crippen LogP) is 3.35. The first-order valence-electron chi connectivity index (χ1n) is 5.68. The maximum absolute atomic E-state index is 4.19. The van der Waals surface area contributed by atoms with Gasteiger partial charge in [0.2, 0.25) is 0 Å². The van der Waals surface area contributed by atoms with Crippen molar-refractivity contribution < 1.29 is 0 Å². The molecule has 0 radical (unpaired) electrons. The van der Waals surface area contributed by atoms with Gasteiger partial charge in [0.15, 0.2) is 0 Å². The van der Waals surface area contributed by atoms with E-state index in [1.807, 2.05) is 11.3 Å². The molecule has 0 amide bonds. The lowest BCUT2D eigenvalue weighted by Crippen LogP contribution is -2.18. The van der Waals surface area contributed by atoms with E-state index in [1.165, 1.54) is 15.6 Å². The highest BCUT2D eigenvalue weighted by Crippen LogP contribution is 2.25. The molecule has 0 aliphatic carbocycles. The molecule has 0 aliphatic heterocycles. The average Bonchev–Trinajstić information content (AvgIpc) is 2.73. The van der Waals surface area contributed by atoms with Crippen molar-refractivity contribution in [3.05, 3.63) is 35.2 Å². The van der Waals surface area contributed by atoms with Crippen molar-refractivity contribution in [3.63, 3.8) is 0 Å². The van der Waals surface area contributed by atoms with Crippen molar-refractivity contribution >= 4 is 34.1 Å². The zero-order valence-corrected chi connectivity index (χ0v) is 11.0. The molecular weight excluding hydrogens is 234 g/mol. The van der Waals surface area contributed by atoms with E-state index >= 15 is 0 Å². The van der Waals surface area contributed by atoms with E-state index in [1.54, 1.807) is 0 Å². The minimum Gasteiger partial charge on any atom is -0.316 e. The Morgan fingerprint density at radius 1 is 1.19 bits per heavy atom. The van der Waals surface area contributed by atoms with E-state index in [9.17, 15) is 0 Å². The van der Waals surface area contributed by atoms with Gasteiger partial charge in [-0.15, -0.1) is 11.3 Å². The van der Waals surface area contributed by atoms with Gasteiger partial charge in [-0.3, -0.25) is 0 Å². The van der Waals surface area contributed by atoms with Gasteiger partial charge in [0.25, 0.3) is 0 Å². The Morgan fingerprint density at radius 2 is 2.06 bits per heavy atom. The smallest absolute Gasteiger partial charge is 0.0345 e. The fraction of sp³-hybridized carbons (Fsp3) is 0.385. The van der Waals surface area contributed by atoms with Crippen LogP contribution in [0.25, 0.3) is 10.1 Å². The van der Waals surface area contributed by atoms with Crippen LogP contribution < -0.4 is 5.32 Å². The van der Waals surface area contributed by atoms with Gasteiger partial charge in [-0.2, -0.15) is 12.6 Å². The van der Waals surface area contributed by atoms with Crippen LogP contribution in [0.15, 0.2) is 29.6 Å². The SMILES string of the molecule is SCCCNCCc1csc2ccccc12. The van der Waals surface area contributed by atoms with Gasteiger partial charge in [0.1, 0.15) is 0 Å². The Kier molecular flexibility index (Phi) is 4.69. The second-order valence-corrected chi connectivity index (χ2v) is 5.19. The molecule has 2 aromatic rings. The predicted molar refractivity (Wildman–Crippen MR) is 76.9 cm³/mol. The molecule has 86 valence electrons. The summed E-state index contributed by atoms with van der Waals surface area (Å²) in [4.78, 5) is 0. The zero-order chi connectivity index (χ0) is 11.2. The quantitative estimate of drug-likeness (QED) is 0.592. The van der Waals surface area contributed by atoms with Crippen molar-refractivity contribution in [1.82, 2.24) is 5.32 Å². The summed E-state index contributed by atoms with van der Waals surface area (Å²) in [6, 6.07) is 8.63. The Bertz CT molecular complexity index is 436. The Labute approximate surface area is 106 Å². The molecule has 0 fully saturated rings. The molecule has 0 saturated carbocycles. The summed E-state index contributed by atoms with van der Waals surface area (Å²) in [5.74, 6) is 0.967. The maximum Gasteiger partial charge on any atom is 0.0345 e. The maximum atomic E-state index is 4.19. The molecule has 1 N–H and O–H groups in total. The van der Waals surface area contributed by atoms with E-state index < -0.39 is 0 Å². The van der Waals surface area contributed by atoms with Crippen LogP contribution in [0, 0.1) is 0 Å². The number of hydrogen-bond acceptors (Lipinski definition) is 3. The van der Waals surface area contributed by atoms with Crippen molar-refractivity contribution in [2.45, 2.75) is 12.8 Å². The van der Waals surface area contributed by atoms with Crippen LogP contribution in [0.5, 0.6) is 0 Å². The van der Waals surface area contributed by atoms with Crippen LogP contribution >= 0.6 is 24.0 Å². The molecule has 0 aliphatic rings. The molecule has 1 heterocycles. The number of fused-ring (bicyclic) bond motifs is 1. The third-order valence-corrected chi connectivity index (χ3v) is 3.97. The largest absolute Gasteiger partial charge is 0.316 e. The average molecular weight is 251 g/mol. The first-order valence-corrected chi connectivity index (χ1v) is 7.19. The van der Waals surface area contributed by atoms with Gasteiger partial charge < -0.3 is 5.32 Å². The van der Waals surface area contributed by atoms with Crippen LogP contribution in [0.3, 0.4) is 0 Å². The van der Waals surface area contributed by atoms with E-state index in [-0.39, 0.29) is 0 Å². The number of benzene rings is 1. The number of nitrogens with one attached hydrogen (secondary N) is 1. The molecule has 0 bridgehead atoms. The molecule has 16 heavy (non-hydrogen) atoms. The Balaban J connectivity index is 1.89. The Morgan fingerprint density at radius 3 is 2.94 bits per heavy atom. The van der Waals surface area contributed by atoms with Crippen LogP contribution in [-0.2, 0) is 6.42 Å². The van der Waals surface area contributed by atoms with E-state index in [2.05, 4.69) is 47.6 Å². The summed E-state index contributed by atoms with van der Waals surface area (Å²) in [7, 11) is 0. The van der Waals surface area contributed by atoms with Gasteiger partial charge in [-0.25, -0.2) is 0 Å². The lowest BCUT2D eigenvalue weighted by Gasteiger charge is -2.02. The molecule has 0 atom stereocenters. The van der Waals surface area contributed by atoms with Gasteiger partial charge in [0.05, 0.1) is 0 Å². The summed E-state index contributed by atoms with van der Waals surface area (Å²) in [5, 5.41) is 7.15. The number of thiol groups is 1. The van der Waals surface area contributed by atoms with Gasteiger partial charge in [-0.1, -0.05) is 18.2 Å². The van der Waals surface area contributed by atoms with E-state index in [0.717, 1.165) is 31.7 Å². The summed E-state index contributed by atoms with van der Waals surface area (Å²) in [5.41, 5.74) is 1.47. The molecule has 0 saturated heterocycles. The minimum absolute atomic E-state index is 0.967. The lowest BCUT2D eigenvalue weighted by molar-refractivity contribution is 0.676. The summed E-state index contributed by atoms with van der Waals surface area (Å²) in [6.07, 6.45) is 2.27. The Hall–Kier alpha value is -0.510. The van der Waals surface area contributed by atoms with Crippen LogP contribution in [0.2, 0.25) is 0 Å². The van der Waals surface area contributed by atoms with Gasteiger partial charge in [-0.05, 0) is 54.1 Å². The summed E-state index contributed by atoms with van der Waals surface area (Å²) in [6.45, 7) is 2.14. The van der Waals surface area contributed by atoms with Crippen molar-refractivity contribution in [2.75, 3.05) is 18.8 Å². The van der Waals surface area contributed by atoms with E-state index in [0.29, 0.717) is 0 Å². The number of hydrogen-bond donors (Lipinski definition) is 2. The molecular formula is C13H17NS2. The van der Waals surface area contributed by atoms with Crippen LogP contribution in [0.4, 0.5) is 0 Å². The van der Waals surface area contributed by atoms with Crippen molar-refractivity contribution in [3.8, 4) is 0 Å². The highest BCUT2D eigenvalue weighted by Gasteiger charge is 2.02. The van der Waals surface area contributed by atoms with Crippen molar-refractivity contribution in [2.24, 2.45) is 0 Å². The molecule has 0 unspecified atom stereocenters. The van der Waals surface area contributed by atoms with Crippen LogP contribution in [-0.4, -0.2) is 18.8 Å². The molecule has 1 nitrogen and oxygen atoms in total. The van der Waals surface area contributed by atoms with Gasteiger partial charge >= 0.3 is 0 Å². The molecule has 3 heteroatoms. The highest BCUT2D eigenvalue weighted by atomic mass is 32.1. The fourth-order valence-electron chi connectivity index (χ4n) is 1.78.